The van der Waals surface area contributed by atoms with Crippen LogP contribution in [0.5, 0.6) is 0 Å². The van der Waals surface area contributed by atoms with Crippen molar-refractivity contribution in [2.45, 2.75) is 70.6 Å². The van der Waals surface area contributed by atoms with Crippen molar-refractivity contribution in [2.75, 3.05) is 5.32 Å². The Morgan fingerprint density at radius 3 is 2.29 bits per heavy atom. The lowest BCUT2D eigenvalue weighted by Crippen LogP contribution is -2.31. The van der Waals surface area contributed by atoms with Crippen LogP contribution in [0.1, 0.15) is 80.2 Å². The number of anilines is 1. The molecule has 9 heteroatoms. The molecule has 0 amide bonds. The van der Waals surface area contributed by atoms with Crippen LogP contribution in [0.15, 0.2) is 54.6 Å². The Morgan fingerprint density at radius 1 is 0.951 bits per heavy atom. The molecule has 6 nitrogen and oxygen atoms in total. The number of nitrogens with zero attached hydrogens (tertiary/aromatic N) is 5. The van der Waals surface area contributed by atoms with Gasteiger partial charge in [-0.1, -0.05) is 48.9 Å². The summed E-state index contributed by atoms with van der Waals surface area (Å²) in [4.78, 5) is 14.1. The number of allylic oxidation sites excluding steroid dienone is 2. The van der Waals surface area contributed by atoms with Gasteiger partial charge in [-0.25, -0.2) is 4.98 Å². The molecule has 2 heterocycles. The van der Waals surface area contributed by atoms with E-state index in [-0.39, 0.29) is 18.4 Å². The third-order valence-corrected chi connectivity index (χ3v) is 8.41. The maximum atomic E-state index is 13.3. The molecule has 2 aliphatic rings. The topological polar surface area (TPSA) is 79.4 Å². The van der Waals surface area contributed by atoms with Crippen LogP contribution >= 0.6 is 0 Å². The quantitative estimate of drug-likeness (QED) is 0.251. The van der Waals surface area contributed by atoms with Crippen LogP contribution < -0.4 is 5.32 Å². The van der Waals surface area contributed by atoms with Gasteiger partial charge in [0.1, 0.15) is 17.4 Å². The molecule has 2 aliphatic carbocycles. The minimum absolute atomic E-state index is 0.0347. The van der Waals surface area contributed by atoms with Crippen LogP contribution in [0.3, 0.4) is 0 Å². The van der Waals surface area contributed by atoms with Gasteiger partial charge in [-0.3, -0.25) is 0 Å². The van der Waals surface area contributed by atoms with Gasteiger partial charge in [-0.15, -0.1) is 0 Å². The molecular formula is C32H31F3N6. The van der Waals surface area contributed by atoms with Crippen LogP contribution in [0.4, 0.5) is 19.0 Å². The van der Waals surface area contributed by atoms with E-state index in [1.165, 1.54) is 24.1 Å². The molecule has 0 saturated heterocycles. The smallest absolute Gasteiger partial charge is 0.365 e. The molecule has 1 saturated carbocycles. The summed E-state index contributed by atoms with van der Waals surface area (Å²) < 4.78 is 41.9. The first-order valence-corrected chi connectivity index (χ1v) is 14.2. The van der Waals surface area contributed by atoms with Crippen molar-refractivity contribution in [3.05, 3.63) is 82.9 Å². The fourth-order valence-corrected chi connectivity index (χ4v) is 5.94. The summed E-state index contributed by atoms with van der Waals surface area (Å²) in [5.74, 6) is 1.81. The van der Waals surface area contributed by atoms with E-state index in [0.717, 1.165) is 67.6 Å². The predicted octanol–water partition coefficient (Wildman–Crippen LogP) is 7.85. The van der Waals surface area contributed by atoms with Gasteiger partial charge in [0.25, 0.3) is 0 Å². The maximum Gasteiger partial charge on any atom is 0.416 e. The van der Waals surface area contributed by atoms with Crippen molar-refractivity contribution in [3.63, 3.8) is 0 Å². The lowest BCUT2D eigenvalue weighted by atomic mass is 9.80. The second kappa shape index (κ2) is 11.0. The zero-order valence-electron chi connectivity index (χ0n) is 22.9. The number of imidazole rings is 1. The molecule has 1 unspecified atom stereocenters. The van der Waals surface area contributed by atoms with Gasteiger partial charge in [0.2, 0.25) is 5.82 Å². The molecule has 1 N–H and O–H groups in total. The number of rotatable bonds is 7. The monoisotopic (exact) mass is 556 g/mol. The molecule has 210 valence electrons. The van der Waals surface area contributed by atoms with Crippen molar-refractivity contribution in [3.8, 4) is 6.07 Å². The maximum absolute atomic E-state index is 13.3. The van der Waals surface area contributed by atoms with Crippen LogP contribution in [0.2, 0.25) is 0 Å². The van der Waals surface area contributed by atoms with Gasteiger partial charge in [0.15, 0.2) is 11.5 Å². The average Bonchev–Trinajstić information content (AvgIpc) is 3.30. The number of benzene rings is 2. The Hall–Kier alpha value is -4.19. The number of halogens is 3. The largest absolute Gasteiger partial charge is 0.416 e. The number of aromatic nitrogens is 4. The summed E-state index contributed by atoms with van der Waals surface area (Å²) in [7, 11) is 0. The standard InChI is InChI=1S/C32H31F3N6/c1-20(22-10-7-11-22)37-29-28-30(39-27(18-36)38-29)40-31(26-13-6-5-12-25(26)23-8-3-2-4-9-23)41(28)19-21-14-16-24(17-15-21)32(33,34)35/h2-4,8-9,14-17,20,22H,5-7,10-13,19H2,1H3,(H,37,38,39). The van der Waals surface area contributed by atoms with Crippen LogP contribution in [-0.4, -0.2) is 25.6 Å². The Labute approximate surface area is 237 Å². The second-order valence-corrected chi connectivity index (χ2v) is 11.1. The second-order valence-electron chi connectivity index (χ2n) is 11.1. The first-order chi connectivity index (χ1) is 19.8. The minimum Gasteiger partial charge on any atom is -0.365 e. The van der Waals surface area contributed by atoms with E-state index in [9.17, 15) is 18.4 Å². The fraction of sp³-hybridized carbons (Fsp3) is 0.375. The molecule has 2 aromatic heterocycles. The number of hydrogen-bond donors (Lipinski definition) is 1. The molecular weight excluding hydrogens is 525 g/mol. The number of alkyl halides is 3. The van der Waals surface area contributed by atoms with Crippen molar-refractivity contribution in [1.82, 2.24) is 19.5 Å². The Bertz CT molecular complexity index is 1630. The fourth-order valence-electron chi connectivity index (χ4n) is 5.94. The number of hydrogen-bond acceptors (Lipinski definition) is 5. The van der Waals surface area contributed by atoms with E-state index in [1.54, 1.807) is 0 Å². The third kappa shape index (κ3) is 5.43. The van der Waals surface area contributed by atoms with E-state index in [4.69, 9.17) is 4.98 Å². The van der Waals surface area contributed by atoms with Crippen LogP contribution in [0.25, 0.3) is 22.3 Å². The van der Waals surface area contributed by atoms with E-state index in [1.807, 2.05) is 22.8 Å². The summed E-state index contributed by atoms with van der Waals surface area (Å²) in [6, 6.07) is 17.7. The van der Waals surface area contributed by atoms with Crippen molar-refractivity contribution >= 4 is 28.1 Å². The molecule has 4 aromatic rings. The van der Waals surface area contributed by atoms with E-state index in [2.05, 4.69) is 40.4 Å². The average molecular weight is 557 g/mol. The van der Waals surface area contributed by atoms with Crippen molar-refractivity contribution < 1.29 is 13.2 Å². The summed E-state index contributed by atoms with van der Waals surface area (Å²) in [5, 5.41) is 13.3. The van der Waals surface area contributed by atoms with Gasteiger partial charge in [0, 0.05) is 12.6 Å². The van der Waals surface area contributed by atoms with Crippen molar-refractivity contribution in [2.24, 2.45) is 5.92 Å². The highest BCUT2D eigenvalue weighted by Crippen LogP contribution is 2.40. The first kappa shape index (κ1) is 27.0. The first-order valence-electron chi connectivity index (χ1n) is 14.2. The van der Waals surface area contributed by atoms with E-state index < -0.39 is 11.7 Å². The van der Waals surface area contributed by atoms with Gasteiger partial charge in [-0.05, 0) is 85.8 Å². The lowest BCUT2D eigenvalue weighted by molar-refractivity contribution is -0.137. The highest BCUT2D eigenvalue weighted by Gasteiger charge is 2.31. The summed E-state index contributed by atoms with van der Waals surface area (Å²) in [6.45, 7) is 2.41. The molecule has 0 radical (unpaired) electrons. The number of fused-ring (bicyclic) bond motifs is 1. The van der Waals surface area contributed by atoms with Crippen LogP contribution in [0, 0.1) is 17.2 Å². The van der Waals surface area contributed by atoms with Gasteiger partial charge >= 0.3 is 6.18 Å². The highest BCUT2D eigenvalue weighted by atomic mass is 19.4. The predicted molar refractivity (Wildman–Crippen MR) is 153 cm³/mol. The molecule has 1 atom stereocenters. The van der Waals surface area contributed by atoms with E-state index in [0.29, 0.717) is 28.5 Å². The van der Waals surface area contributed by atoms with E-state index >= 15 is 0 Å². The van der Waals surface area contributed by atoms with Gasteiger partial charge in [0.05, 0.1) is 5.56 Å². The van der Waals surface area contributed by atoms with Crippen molar-refractivity contribution in [1.29, 1.82) is 5.26 Å². The normalized spacial score (nSPS) is 16.9. The molecule has 6 rings (SSSR count). The third-order valence-electron chi connectivity index (χ3n) is 8.41. The molecule has 0 aliphatic heterocycles. The minimum atomic E-state index is -4.40. The Morgan fingerprint density at radius 2 is 1.66 bits per heavy atom. The summed E-state index contributed by atoms with van der Waals surface area (Å²) in [6.07, 6.45) is 2.87. The Kier molecular flexibility index (Phi) is 7.24. The molecule has 1 fully saturated rings. The SMILES string of the molecule is CC(Nc1nc(C#N)nc2nc(C3=C(c4ccccc4)CCCC3)n(Cc3ccc(C(F)(F)F)cc3)c12)C1CCC1. The van der Waals surface area contributed by atoms with Gasteiger partial charge < -0.3 is 9.88 Å². The molecule has 41 heavy (non-hydrogen) atoms. The molecule has 2 aromatic carbocycles. The zero-order chi connectivity index (χ0) is 28.6. The lowest BCUT2D eigenvalue weighted by Gasteiger charge is -2.32. The van der Waals surface area contributed by atoms with Crippen LogP contribution in [-0.2, 0) is 12.7 Å². The zero-order valence-corrected chi connectivity index (χ0v) is 22.9. The summed E-state index contributed by atoms with van der Waals surface area (Å²) in [5.41, 5.74) is 4.55. The number of nitriles is 1. The molecule has 0 bridgehead atoms. The summed E-state index contributed by atoms with van der Waals surface area (Å²) >= 11 is 0. The van der Waals surface area contributed by atoms with Gasteiger partial charge in [-0.2, -0.15) is 28.4 Å². The number of nitrogens with one attached hydrogen (secondary N) is 1. The highest BCUT2D eigenvalue weighted by molar-refractivity contribution is 5.94. The molecule has 0 spiro atoms. The Balaban J connectivity index is 1.54.